The first-order valence-corrected chi connectivity index (χ1v) is 17.4. The van der Waals surface area contributed by atoms with Gasteiger partial charge >= 0.3 is 0 Å². The molecule has 0 saturated carbocycles. The molecule has 0 spiro atoms. The van der Waals surface area contributed by atoms with Gasteiger partial charge < -0.3 is 89.3 Å². The number of aliphatic hydroxyl groups excluding tert-OH is 11. The summed E-state index contributed by atoms with van der Waals surface area (Å²) in [5, 5.41) is 115. The number of aliphatic hydroxyl groups is 11. The van der Waals surface area contributed by atoms with Gasteiger partial charge in [-0.25, -0.2) is 0 Å². The Morgan fingerprint density at radius 3 is 1.94 bits per heavy atom. The molecule has 1 aromatic carbocycles. The number of ether oxygens (including phenoxy) is 7. The van der Waals surface area contributed by atoms with E-state index >= 15 is 0 Å². The van der Waals surface area contributed by atoms with Crippen molar-refractivity contribution in [2.24, 2.45) is 0 Å². The Morgan fingerprint density at radius 1 is 0.654 bits per heavy atom. The summed E-state index contributed by atoms with van der Waals surface area (Å²) in [6.07, 6.45) is -23.9. The van der Waals surface area contributed by atoms with Gasteiger partial charge in [0.05, 0.1) is 51.8 Å². The van der Waals surface area contributed by atoms with Crippen LogP contribution in [-0.4, -0.2) is 218 Å². The van der Waals surface area contributed by atoms with E-state index in [4.69, 9.17) is 33.2 Å². The first-order chi connectivity index (χ1) is 24.9. The van der Waals surface area contributed by atoms with Crippen LogP contribution >= 0.6 is 0 Å². The summed E-state index contributed by atoms with van der Waals surface area (Å²) >= 11 is 0. The summed E-state index contributed by atoms with van der Waals surface area (Å²) in [6.45, 7) is -0.655. The van der Waals surface area contributed by atoms with Crippen molar-refractivity contribution < 1.29 is 89.3 Å². The van der Waals surface area contributed by atoms with Crippen molar-refractivity contribution in [1.82, 2.24) is 4.90 Å². The third kappa shape index (κ3) is 9.45. The lowest BCUT2D eigenvalue weighted by Gasteiger charge is -2.47. The maximum Gasteiger partial charge on any atom is 0.187 e. The Bertz CT molecular complexity index is 1200. The first kappa shape index (κ1) is 41.6. The highest BCUT2D eigenvalue weighted by atomic mass is 16.7. The van der Waals surface area contributed by atoms with E-state index in [9.17, 15) is 56.2 Å². The van der Waals surface area contributed by atoms with Crippen LogP contribution in [0.5, 0.6) is 0 Å². The molecule has 0 aromatic heterocycles. The SMILES string of the molecule is CC1OC(COC2OC(CO)C(O)C(OC3CN([C@@H](CO)Cc4ccccc4)CC(CO)O3)C2O)C(O)C(OC2OC(CO)C(O)C(O)C2O)C1O. The third-order valence-corrected chi connectivity index (χ3v) is 10.0. The largest absolute Gasteiger partial charge is 0.395 e. The first-order valence-electron chi connectivity index (χ1n) is 17.4. The topological polar surface area (TPSA) is 290 Å². The lowest BCUT2D eigenvalue weighted by Crippen LogP contribution is -2.65. The zero-order chi connectivity index (χ0) is 37.7. The van der Waals surface area contributed by atoms with Gasteiger partial charge in [0.1, 0.15) is 73.2 Å². The second-order valence-corrected chi connectivity index (χ2v) is 13.6. The Kier molecular flexibility index (Phi) is 15.1. The number of rotatable bonds is 14. The normalized spacial score (nSPS) is 44.0. The van der Waals surface area contributed by atoms with E-state index in [1.807, 2.05) is 35.2 Å². The fourth-order valence-corrected chi connectivity index (χ4v) is 6.97. The minimum Gasteiger partial charge on any atom is -0.395 e. The van der Waals surface area contributed by atoms with E-state index in [-0.39, 0.29) is 32.3 Å². The molecular formula is C33H53NO18. The van der Waals surface area contributed by atoms with Crippen molar-refractivity contribution in [2.75, 3.05) is 46.1 Å². The smallest absolute Gasteiger partial charge is 0.187 e. The number of morpholine rings is 1. The average molecular weight is 752 g/mol. The van der Waals surface area contributed by atoms with E-state index in [0.717, 1.165) is 5.56 Å². The van der Waals surface area contributed by atoms with Gasteiger partial charge in [0.2, 0.25) is 0 Å². The van der Waals surface area contributed by atoms with Crippen LogP contribution in [0.15, 0.2) is 30.3 Å². The molecule has 0 amide bonds. The molecule has 17 unspecified atom stereocenters. The summed E-state index contributed by atoms with van der Waals surface area (Å²) in [4.78, 5) is 1.89. The Morgan fingerprint density at radius 2 is 1.29 bits per heavy atom. The van der Waals surface area contributed by atoms with Crippen LogP contribution in [0, 0.1) is 0 Å². The highest BCUT2D eigenvalue weighted by molar-refractivity contribution is 5.16. The molecule has 5 rings (SSSR count). The van der Waals surface area contributed by atoms with E-state index < -0.39 is 124 Å². The zero-order valence-corrected chi connectivity index (χ0v) is 28.7. The molecule has 4 aliphatic heterocycles. The van der Waals surface area contributed by atoms with E-state index in [2.05, 4.69) is 0 Å². The summed E-state index contributed by atoms with van der Waals surface area (Å²) in [5.41, 5.74) is 0.981. The fraction of sp³-hybridized carbons (Fsp3) is 0.818. The lowest BCUT2D eigenvalue weighted by molar-refractivity contribution is -0.352. The van der Waals surface area contributed by atoms with Gasteiger partial charge in [0.15, 0.2) is 18.9 Å². The van der Waals surface area contributed by atoms with E-state index in [1.165, 1.54) is 6.92 Å². The van der Waals surface area contributed by atoms with Gasteiger partial charge in [0, 0.05) is 12.6 Å². The monoisotopic (exact) mass is 751 g/mol. The molecule has 4 fully saturated rings. The van der Waals surface area contributed by atoms with Gasteiger partial charge in [-0.3, -0.25) is 4.90 Å². The van der Waals surface area contributed by atoms with Crippen molar-refractivity contribution in [3.63, 3.8) is 0 Å². The molecule has 4 saturated heterocycles. The standard InChI is InChI=1S/C33H53NO18/c1-15-23(39)30(52-33-28(44)27(43)24(40)19(12-37)50-33)26(42)21(47-15)14-46-32-29(45)31(25(41)20(13-38)49-32)51-22-9-34(8-18(11-36)48-22)17(10-35)7-16-5-3-2-4-6-16/h2-6,15,17-33,35-45H,7-14H2,1H3/t15?,17-,18?,19?,20?,21?,22?,23?,24?,25?,26?,27?,28?,29?,30?,31?,32?,33?/m1/s1. The van der Waals surface area contributed by atoms with Crippen LogP contribution in [0.4, 0.5) is 0 Å². The van der Waals surface area contributed by atoms with Crippen LogP contribution in [0.3, 0.4) is 0 Å². The molecule has 52 heavy (non-hydrogen) atoms. The summed E-state index contributed by atoms with van der Waals surface area (Å²) in [6, 6.07) is 9.14. The van der Waals surface area contributed by atoms with Crippen molar-refractivity contribution in [2.45, 2.75) is 124 Å². The number of benzene rings is 1. The van der Waals surface area contributed by atoms with Gasteiger partial charge in [-0.2, -0.15) is 0 Å². The van der Waals surface area contributed by atoms with Crippen molar-refractivity contribution in [3.05, 3.63) is 35.9 Å². The van der Waals surface area contributed by atoms with Crippen LogP contribution in [0.2, 0.25) is 0 Å². The minimum atomic E-state index is -1.80. The molecule has 298 valence electrons. The van der Waals surface area contributed by atoms with Crippen LogP contribution < -0.4 is 0 Å². The number of hydrogen-bond acceptors (Lipinski definition) is 19. The van der Waals surface area contributed by atoms with Gasteiger partial charge in [-0.15, -0.1) is 0 Å². The van der Waals surface area contributed by atoms with E-state index in [0.29, 0.717) is 6.42 Å². The van der Waals surface area contributed by atoms with Crippen LogP contribution in [0.25, 0.3) is 0 Å². The predicted octanol–water partition coefficient (Wildman–Crippen LogP) is -5.86. The Labute approximate surface area is 300 Å². The summed E-state index contributed by atoms with van der Waals surface area (Å²) in [5.74, 6) is 0. The molecule has 0 aliphatic carbocycles. The molecule has 19 heteroatoms. The molecule has 1 aromatic rings. The van der Waals surface area contributed by atoms with Gasteiger partial charge in [0.25, 0.3) is 0 Å². The second kappa shape index (κ2) is 18.9. The van der Waals surface area contributed by atoms with Crippen molar-refractivity contribution in [1.29, 1.82) is 0 Å². The molecule has 0 radical (unpaired) electrons. The number of nitrogens with zero attached hydrogens (tertiary/aromatic N) is 1. The molecule has 4 aliphatic rings. The fourth-order valence-electron chi connectivity index (χ4n) is 6.97. The lowest BCUT2D eigenvalue weighted by atomic mass is 9.94. The quantitative estimate of drug-likeness (QED) is 0.0844. The molecule has 0 bridgehead atoms. The second-order valence-electron chi connectivity index (χ2n) is 13.6. The van der Waals surface area contributed by atoms with Gasteiger partial charge in [-0.05, 0) is 18.9 Å². The molecule has 19 nitrogen and oxygen atoms in total. The van der Waals surface area contributed by atoms with Gasteiger partial charge in [-0.1, -0.05) is 30.3 Å². The van der Waals surface area contributed by atoms with E-state index in [1.54, 1.807) is 0 Å². The third-order valence-electron chi connectivity index (χ3n) is 10.0. The highest BCUT2D eigenvalue weighted by Crippen LogP contribution is 2.32. The van der Waals surface area contributed by atoms with Crippen LogP contribution in [0.1, 0.15) is 12.5 Å². The molecule has 11 N–H and O–H groups in total. The molecular weight excluding hydrogens is 698 g/mol. The minimum absolute atomic E-state index is 0.0961. The zero-order valence-electron chi connectivity index (χ0n) is 28.7. The maximum absolute atomic E-state index is 11.3. The Balaban J connectivity index is 1.24. The maximum atomic E-state index is 11.3. The molecule has 18 atom stereocenters. The van der Waals surface area contributed by atoms with Crippen molar-refractivity contribution >= 4 is 0 Å². The highest BCUT2D eigenvalue weighted by Gasteiger charge is 2.52. The average Bonchev–Trinajstić information content (AvgIpc) is 3.15. The molecule has 4 heterocycles. The van der Waals surface area contributed by atoms with Crippen molar-refractivity contribution in [3.8, 4) is 0 Å². The summed E-state index contributed by atoms with van der Waals surface area (Å²) in [7, 11) is 0. The summed E-state index contributed by atoms with van der Waals surface area (Å²) < 4.78 is 40.1. The predicted molar refractivity (Wildman–Crippen MR) is 172 cm³/mol. The van der Waals surface area contributed by atoms with Crippen LogP contribution in [-0.2, 0) is 39.6 Å². The Hall–Kier alpha value is -1.54. The number of hydrogen-bond donors (Lipinski definition) is 11.